The van der Waals surface area contributed by atoms with Gasteiger partial charge in [-0.25, -0.2) is 4.79 Å². The van der Waals surface area contributed by atoms with E-state index in [-0.39, 0.29) is 37.6 Å². The molecule has 0 bridgehead atoms. The number of aliphatic hydroxyl groups excluding tert-OH is 1. The molecule has 2 rings (SSSR count). The van der Waals surface area contributed by atoms with Crippen molar-refractivity contribution in [3.63, 3.8) is 0 Å². The van der Waals surface area contributed by atoms with Crippen LogP contribution in [0.4, 0.5) is 10.5 Å². The number of carbonyl (C=O) groups excluding carboxylic acids is 2. The highest BCUT2D eigenvalue weighted by Gasteiger charge is 2.32. The van der Waals surface area contributed by atoms with Crippen molar-refractivity contribution in [1.82, 2.24) is 10.6 Å². The van der Waals surface area contributed by atoms with Crippen LogP contribution in [0.3, 0.4) is 0 Å². The first-order valence-corrected chi connectivity index (χ1v) is 8.34. The van der Waals surface area contributed by atoms with Gasteiger partial charge in [-0.2, -0.15) is 0 Å². The van der Waals surface area contributed by atoms with Crippen LogP contribution in [0, 0.1) is 0 Å². The summed E-state index contributed by atoms with van der Waals surface area (Å²) in [6.07, 6.45) is 0.225. The van der Waals surface area contributed by atoms with Crippen molar-refractivity contribution in [3.8, 4) is 11.5 Å². The van der Waals surface area contributed by atoms with E-state index in [1.54, 1.807) is 30.2 Å². The van der Waals surface area contributed by atoms with Gasteiger partial charge < -0.3 is 34.9 Å². The molecular formula is C17H25N3O6. The highest BCUT2D eigenvalue weighted by Crippen LogP contribution is 2.33. The van der Waals surface area contributed by atoms with Gasteiger partial charge >= 0.3 is 6.03 Å². The first-order chi connectivity index (χ1) is 12.6. The average molecular weight is 367 g/mol. The molecule has 1 aliphatic rings. The van der Waals surface area contributed by atoms with Gasteiger partial charge in [-0.05, 0) is 12.1 Å². The van der Waals surface area contributed by atoms with Crippen LogP contribution in [0.5, 0.6) is 11.5 Å². The number of methoxy groups -OCH3 is 2. The fourth-order valence-electron chi connectivity index (χ4n) is 2.69. The van der Waals surface area contributed by atoms with Gasteiger partial charge in [0.15, 0.2) is 11.5 Å². The SMILES string of the molecule is COc1ccc(N2C[C@H](NC(=O)NCCOCCO)CC2=O)cc1OC. The number of rotatable bonds is 9. The zero-order chi connectivity index (χ0) is 18.9. The third-order valence-electron chi connectivity index (χ3n) is 3.91. The summed E-state index contributed by atoms with van der Waals surface area (Å²) in [6, 6.07) is 4.61. The fraction of sp³-hybridized carbons (Fsp3) is 0.529. The maximum atomic E-state index is 12.3. The number of aliphatic hydroxyl groups is 1. The van der Waals surface area contributed by atoms with Crippen LogP contribution >= 0.6 is 0 Å². The Kier molecular flexibility index (Phi) is 7.49. The van der Waals surface area contributed by atoms with Gasteiger partial charge in [0.1, 0.15) is 0 Å². The molecule has 0 radical (unpaired) electrons. The zero-order valence-electron chi connectivity index (χ0n) is 15.0. The van der Waals surface area contributed by atoms with E-state index < -0.39 is 0 Å². The molecule has 0 aromatic heterocycles. The van der Waals surface area contributed by atoms with Gasteiger partial charge in [0, 0.05) is 31.3 Å². The summed E-state index contributed by atoms with van der Waals surface area (Å²) in [7, 11) is 3.08. The molecule has 9 nitrogen and oxygen atoms in total. The van der Waals surface area contributed by atoms with Crippen LogP contribution in [0.25, 0.3) is 0 Å². The molecule has 1 fully saturated rings. The Bertz CT molecular complexity index is 625. The third kappa shape index (κ3) is 5.24. The number of ether oxygens (including phenoxy) is 3. The summed E-state index contributed by atoms with van der Waals surface area (Å²) in [5.41, 5.74) is 0.690. The molecule has 1 aromatic carbocycles. The Hall–Kier alpha value is -2.52. The average Bonchev–Trinajstić information content (AvgIpc) is 3.00. The first-order valence-electron chi connectivity index (χ1n) is 8.34. The standard InChI is InChI=1S/C17H25N3O6/c1-24-14-4-3-13(10-15(14)25-2)20-11-12(9-16(20)22)19-17(23)18-5-7-26-8-6-21/h3-4,10,12,21H,5-9,11H2,1-2H3,(H2,18,19,23)/t12-/m1/s1. The molecule has 1 aromatic rings. The highest BCUT2D eigenvalue weighted by molar-refractivity contribution is 5.97. The smallest absolute Gasteiger partial charge is 0.315 e. The van der Waals surface area contributed by atoms with Crippen molar-refractivity contribution in [1.29, 1.82) is 0 Å². The van der Waals surface area contributed by atoms with E-state index in [2.05, 4.69) is 10.6 Å². The van der Waals surface area contributed by atoms with Gasteiger partial charge in [-0.15, -0.1) is 0 Å². The van der Waals surface area contributed by atoms with Gasteiger partial charge in [-0.3, -0.25) is 4.79 Å². The van der Waals surface area contributed by atoms with Gasteiger partial charge in [-0.1, -0.05) is 0 Å². The number of amides is 3. The molecule has 9 heteroatoms. The van der Waals surface area contributed by atoms with Crippen LogP contribution < -0.4 is 25.0 Å². The summed E-state index contributed by atoms with van der Waals surface area (Å²) < 4.78 is 15.5. The van der Waals surface area contributed by atoms with E-state index in [0.717, 1.165) is 0 Å². The number of anilines is 1. The minimum Gasteiger partial charge on any atom is -0.493 e. The highest BCUT2D eigenvalue weighted by atomic mass is 16.5. The summed E-state index contributed by atoms with van der Waals surface area (Å²) in [6.45, 7) is 1.20. The van der Waals surface area contributed by atoms with E-state index >= 15 is 0 Å². The minimum atomic E-state index is -0.357. The number of benzene rings is 1. The lowest BCUT2D eigenvalue weighted by molar-refractivity contribution is -0.117. The number of hydrogen-bond donors (Lipinski definition) is 3. The van der Waals surface area contributed by atoms with Crippen LogP contribution in [0.2, 0.25) is 0 Å². The van der Waals surface area contributed by atoms with Crippen molar-refractivity contribution in [2.24, 2.45) is 0 Å². The second kappa shape index (κ2) is 9.83. The molecule has 0 spiro atoms. The maximum Gasteiger partial charge on any atom is 0.315 e. The Morgan fingerprint density at radius 2 is 2.04 bits per heavy atom. The van der Waals surface area contributed by atoms with E-state index in [1.165, 1.54) is 7.11 Å². The topological polar surface area (TPSA) is 109 Å². The summed E-state index contributed by atoms with van der Waals surface area (Å²) in [5, 5.41) is 14.0. The molecule has 3 amide bonds. The van der Waals surface area contributed by atoms with Crippen molar-refractivity contribution in [2.75, 3.05) is 52.0 Å². The second-order valence-corrected chi connectivity index (χ2v) is 5.68. The first kappa shape index (κ1) is 19.8. The van der Waals surface area contributed by atoms with E-state index in [1.807, 2.05) is 0 Å². The Morgan fingerprint density at radius 3 is 2.73 bits per heavy atom. The molecule has 0 unspecified atom stereocenters. The van der Waals surface area contributed by atoms with Crippen molar-refractivity contribution in [3.05, 3.63) is 18.2 Å². The van der Waals surface area contributed by atoms with Crippen LogP contribution in [0.1, 0.15) is 6.42 Å². The van der Waals surface area contributed by atoms with Gasteiger partial charge in [0.05, 0.1) is 40.1 Å². The summed E-state index contributed by atoms with van der Waals surface area (Å²) in [4.78, 5) is 25.8. The lowest BCUT2D eigenvalue weighted by Gasteiger charge is -2.19. The number of nitrogens with zero attached hydrogens (tertiary/aromatic N) is 1. The van der Waals surface area contributed by atoms with Crippen molar-refractivity contribution < 1.29 is 28.9 Å². The predicted octanol–water partition coefficient (Wildman–Crippen LogP) is 0.117. The molecule has 0 saturated carbocycles. The van der Waals surface area contributed by atoms with E-state index in [9.17, 15) is 9.59 Å². The Morgan fingerprint density at radius 1 is 1.27 bits per heavy atom. The Labute approximate surface area is 152 Å². The summed E-state index contributed by atoms with van der Waals surface area (Å²) >= 11 is 0. The van der Waals surface area contributed by atoms with E-state index in [4.69, 9.17) is 19.3 Å². The molecule has 26 heavy (non-hydrogen) atoms. The van der Waals surface area contributed by atoms with Crippen LogP contribution in [0.15, 0.2) is 18.2 Å². The number of hydrogen-bond acceptors (Lipinski definition) is 6. The molecule has 1 saturated heterocycles. The van der Waals surface area contributed by atoms with Crippen molar-refractivity contribution in [2.45, 2.75) is 12.5 Å². The van der Waals surface area contributed by atoms with E-state index in [0.29, 0.717) is 36.9 Å². The zero-order valence-corrected chi connectivity index (χ0v) is 15.0. The lowest BCUT2D eigenvalue weighted by atomic mass is 10.2. The van der Waals surface area contributed by atoms with Crippen molar-refractivity contribution >= 4 is 17.6 Å². The van der Waals surface area contributed by atoms with Gasteiger partial charge in [0.2, 0.25) is 5.91 Å². The predicted molar refractivity (Wildman–Crippen MR) is 94.7 cm³/mol. The minimum absolute atomic E-state index is 0.0532. The lowest BCUT2D eigenvalue weighted by Crippen LogP contribution is -2.44. The molecule has 1 atom stereocenters. The fourth-order valence-corrected chi connectivity index (χ4v) is 2.69. The number of carbonyl (C=O) groups is 2. The normalized spacial score (nSPS) is 16.5. The molecule has 1 heterocycles. The molecular weight excluding hydrogens is 342 g/mol. The molecule has 0 aliphatic carbocycles. The number of nitrogens with one attached hydrogen (secondary N) is 2. The maximum absolute atomic E-state index is 12.3. The van der Waals surface area contributed by atoms with Crippen LogP contribution in [-0.4, -0.2) is 70.2 Å². The largest absolute Gasteiger partial charge is 0.493 e. The summed E-state index contributed by atoms with van der Waals surface area (Å²) in [5.74, 6) is 1.05. The molecule has 3 N–H and O–H groups in total. The Balaban J connectivity index is 1.87. The monoisotopic (exact) mass is 367 g/mol. The third-order valence-corrected chi connectivity index (χ3v) is 3.91. The quantitative estimate of drug-likeness (QED) is 0.535. The van der Waals surface area contributed by atoms with Crippen LogP contribution in [-0.2, 0) is 9.53 Å². The number of urea groups is 1. The second-order valence-electron chi connectivity index (χ2n) is 5.68. The molecule has 144 valence electrons. The molecule has 1 aliphatic heterocycles. The van der Waals surface area contributed by atoms with Gasteiger partial charge in [0.25, 0.3) is 0 Å².